The number of para-hydroxylation sites is 2. The third-order valence-corrected chi connectivity index (χ3v) is 3.47. The summed E-state index contributed by atoms with van der Waals surface area (Å²) in [5.74, 6) is 0.961. The molecule has 2 aromatic rings. The molecule has 1 aromatic heterocycles. The van der Waals surface area contributed by atoms with Gasteiger partial charge in [-0.25, -0.2) is 9.97 Å². The van der Waals surface area contributed by atoms with E-state index < -0.39 is 0 Å². The van der Waals surface area contributed by atoms with Crippen LogP contribution in [0.1, 0.15) is 30.8 Å². The lowest BCUT2D eigenvalue weighted by molar-refractivity contribution is 0.102. The zero-order valence-corrected chi connectivity index (χ0v) is 15.8. The summed E-state index contributed by atoms with van der Waals surface area (Å²) in [7, 11) is 4.08. The van der Waals surface area contributed by atoms with Gasteiger partial charge in [-0.2, -0.15) is 0 Å². The van der Waals surface area contributed by atoms with Gasteiger partial charge in [0, 0.05) is 6.54 Å². The van der Waals surface area contributed by atoms with E-state index in [0.717, 1.165) is 19.5 Å². The Morgan fingerprint density at radius 1 is 1.19 bits per heavy atom. The van der Waals surface area contributed by atoms with Gasteiger partial charge in [-0.1, -0.05) is 12.1 Å². The van der Waals surface area contributed by atoms with Crippen LogP contribution < -0.4 is 15.4 Å². The summed E-state index contributed by atoms with van der Waals surface area (Å²) in [5, 5.41) is 6.02. The highest BCUT2D eigenvalue weighted by molar-refractivity contribution is 6.03. The first kappa shape index (κ1) is 19.7. The maximum absolute atomic E-state index is 12.4. The van der Waals surface area contributed by atoms with Gasteiger partial charge in [0.05, 0.1) is 24.2 Å². The quantitative estimate of drug-likeness (QED) is 0.672. The molecule has 0 aliphatic carbocycles. The van der Waals surface area contributed by atoms with Crippen LogP contribution in [0.5, 0.6) is 5.75 Å². The van der Waals surface area contributed by atoms with E-state index in [0.29, 0.717) is 17.3 Å². The lowest BCUT2D eigenvalue weighted by Crippen LogP contribution is -2.18. The van der Waals surface area contributed by atoms with Crippen molar-refractivity contribution in [2.75, 3.05) is 37.8 Å². The van der Waals surface area contributed by atoms with Crippen LogP contribution in [0.25, 0.3) is 0 Å². The van der Waals surface area contributed by atoms with Crippen LogP contribution in [0.4, 0.5) is 11.5 Å². The Morgan fingerprint density at radius 3 is 2.62 bits per heavy atom. The number of nitrogens with zero attached hydrogens (tertiary/aromatic N) is 3. The van der Waals surface area contributed by atoms with Crippen LogP contribution >= 0.6 is 0 Å². The Morgan fingerprint density at radius 2 is 1.96 bits per heavy atom. The fraction of sp³-hybridized carbons (Fsp3) is 0.421. The third-order valence-electron chi connectivity index (χ3n) is 3.47. The molecule has 26 heavy (non-hydrogen) atoms. The van der Waals surface area contributed by atoms with Crippen LogP contribution in [-0.4, -0.2) is 54.1 Å². The predicted molar refractivity (Wildman–Crippen MR) is 104 cm³/mol. The number of anilines is 2. The summed E-state index contributed by atoms with van der Waals surface area (Å²) in [4.78, 5) is 23.0. The SMILES string of the molecule is CC(C)Oc1ccccc1NC(=O)c1cnc(NCCCN(C)C)cn1. The second-order valence-corrected chi connectivity index (χ2v) is 6.49. The number of carbonyl (C=O) groups excluding carboxylic acids is 1. The third kappa shape index (κ3) is 6.33. The highest BCUT2D eigenvalue weighted by atomic mass is 16.5. The zero-order chi connectivity index (χ0) is 18.9. The monoisotopic (exact) mass is 357 g/mol. The molecule has 0 atom stereocenters. The fourth-order valence-electron chi connectivity index (χ4n) is 2.26. The number of hydrogen-bond donors (Lipinski definition) is 2. The number of benzene rings is 1. The summed E-state index contributed by atoms with van der Waals surface area (Å²) in [6.45, 7) is 5.68. The molecular weight excluding hydrogens is 330 g/mol. The lowest BCUT2D eigenvalue weighted by atomic mass is 10.2. The van der Waals surface area contributed by atoms with E-state index in [4.69, 9.17) is 4.74 Å². The molecule has 0 spiro atoms. The molecule has 2 N–H and O–H groups in total. The van der Waals surface area contributed by atoms with Gasteiger partial charge >= 0.3 is 0 Å². The summed E-state index contributed by atoms with van der Waals surface area (Å²) < 4.78 is 5.71. The number of aromatic nitrogens is 2. The van der Waals surface area contributed by atoms with E-state index in [2.05, 4.69) is 25.5 Å². The zero-order valence-electron chi connectivity index (χ0n) is 15.8. The lowest BCUT2D eigenvalue weighted by Gasteiger charge is -2.14. The van der Waals surface area contributed by atoms with Crippen molar-refractivity contribution in [3.05, 3.63) is 42.4 Å². The molecule has 7 nitrogen and oxygen atoms in total. The molecule has 0 saturated heterocycles. The molecule has 1 heterocycles. The Kier molecular flexibility index (Phi) is 7.35. The van der Waals surface area contributed by atoms with Gasteiger partial charge in [-0.3, -0.25) is 4.79 Å². The Labute approximate surface area is 154 Å². The van der Waals surface area contributed by atoms with Crippen molar-refractivity contribution in [2.45, 2.75) is 26.4 Å². The number of nitrogens with one attached hydrogen (secondary N) is 2. The minimum absolute atomic E-state index is 0.0192. The number of hydrogen-bond acceptors (Lipinski definition) is 6. The van der Waals surface area contributed by atoms with Crippen molar-refractivity contribution in [1.82, 2.24) is 14.9 Å². The van der Waals surface area contributed by atoms with Gasteiger partial charge in [-0.15, -0.1) is 0 Å². The highest BCUT2D eigenvalue weighted by Gasteiger charge is 2.12. The van der Waals surface area contributed by atoms with E-state index in [9.17, 15) is 4.79 Å². The summed E-state index contributed by atoms with van der Waals surface area (Å²) in [5.41, 5.74) is 0.863. The molecule has 0 bridgehead atoms. The maximum Gasteiger partial charge on any atom is 0.275 e. The van der Waals surface area contributed by atoms with Crippen molar-refractivity contribution >= 4 is 17.4 Å². The van der Waals surface area contributed by atoms with E-state index in [1.165, 1.54) is 6.20 Å². The maximum atomic E-state index is 12.4. The van der Waals surface area contributed by atoms with E-state index in [1.54, 1.807) is 12.3 Å². The van der Waals surface area contributed by atoms with E-state index >= 15 is 0 Å². The van der Waals surface area contributed by atoms with Gasteiger partial charge in [0.15, 0.2) is 0 Å². The summed E-state index contributed by atoms with van der Waals surface area (Å²) >= 11 is 0. The Bertz CT molecular complexity index is 701. The second kappa shape index (κ2) is 9.72. The number of carbonyl (C=O) groups is 1. The highest BCUT2D eigenvalue weighted by Crippen LogP contribution is 2.25. The van der Waals surface area contributed by atoms with Crippen LogP contribution in [0.3, 0.4) is 0 Å². The van der Waals surface area contributed by atoms with Crippen LogP contribution in [0, 0.1) is 0 Å². The molecule has 0 radical (unpaired) electrons. The number of amides is 1. The van der Waals surface area contributed by atoms with Crippen LogP contribution in [0.15, 0.2) is 36.7 Å². The molecule has 2 rings (SSSR count). The second-order valence-electron chi connectivity index (χ2n) is 6.49. The van der Waals surface area contributed by atoms with E-state index in [-0.39, 0.29) is 17.7 Å². The molecule has 0 fully saturated rings. The molecular formula is C19H27N5O2. The molecule has 1 amide bonds. The van der Waals surface area contributed by atoms with Crippen molar-refractivity contribution in [3.63, 3.8) is 0 Å². The van der Waals surface area contributed by atoms with Gasteiger partial charge in [-0.05, 0) is 53.0 Å². The van der Waals surface area contributed by atoms with Crippen molar-refractivity contribution < 1.29 is 9.53 Å². The molecule has 140 valence electrons. The van der Waals surface area contributed by atoms with E-state index in [1.807, 2.05) is 46.1 Å². The molecule has 7 heteroatoms. The predicted octanol–water partition coefficient (Wildman–Crippen LogP) is 2.88. The average molecular weight is 357 g/mol. The Balaban J connectivity index is 1.94. The molecule has 0 unspecified atom stereocenters. The van der Waals surface area contributed by atoms with Gasteiger partial charge in [0.2, 0.25) is 0 Å². The first-order valence-corrected chi connectivity index (χ1v) is 8.73. The normalized spacial score (nSPS) is 10.8. The van der Waals surface area contributed by atoms with Gasteiger partial charge < -0.3 is 20.3 Å². The van der Waals surface area contributed by atoms with Crippen LogP contribution in [0.2, 0.25) is 0 Å². The molecule has 1 aromatic carbocycles. The molecule has 0 saturated carbocycles. The minimum Gasteiger partial charge on any atom is -0.489 e. The summed E-state index contributed by atoms with van der Waals surface area (Å²) in [6, 6.07) is 7.32. The molecule has 0 aliphatic rings. The van der Waals surface area contributed by atoms with Crippen molar-refractivity contribution in [2.24, 2.45) is 0 Å². The average Bonchev–Trinajstić information content (AvgIpc) is 2.60. The minimum atomic E-state index is -0.323. The van der Waals surface area contributed by atoms with Gasteiger partial charge in [0.1, 0.15) is 17.3 Å². The standard InChI is InChI=1S/C19H27N5O2/c1-14(2)26-17-9-6-5-8-15(17)23-19(25)16-12-22-18(13-21-16)20-10-7-11-24(3)4/h5-6,8-9,12-14H,7,10-11H2,1-4H3,(H,20,22)(H,23,25). The van der Waals surface area contributed by atoms with Gasteiger partial charge in [0.25, 0.3) is 5.91 Å². The fourth-order valence-corrected chi connectivity index (χ4v) is 2.26. The smallest absolute Gasteiger partial charge is 0.275 e. The summed E-state index contributed by atoms with van der Waals surface area (Å²) in [6.07, 6.45) is 4.06. The number of ether oxygens (including phenoxy) is 1. The Hall–Kier alpha value is -2.67. The number of rotatable bonds is 9. The first-order chi connectivity index (χ1) is 12.5. The topological polar surface area (TPSA) is 79.4 Å². The van der Waals surface area contributed by atoms with Crippen molar-refractivity contribution in [1.29, 1.82) is 0 Å². The largest absolute Gasteiger partial charge is 0.489 e. The van der Waals surface area contributed by atoms with Crippen LogP contribution in [-0.2, 0) is 0 Å². The molecule has 0 aliphatic heterocycles. The van der Waals surface area contributed by atoms with Crippen molar-refractivity contribution in [3.8, 4) is 5.75 Å². The first-order valence-electron chi connectivity index (χ1n) is 8.73.